The van der Waals surface area contributed by atoms with Crippen LogP contribution in [0.25, 0.3) is 0 Å². The molecule has 0 saturated carbocycles. The first-order chi connectivity index (χ1) is 7.91. The Bertz CT molecular complexity index is 291. The smallest absolute Gasteiger partial charge is 0.320 e. The van der Waals surface area contributed by atoms with Crippen molar-refractivity contribution in [2.24, 2.45) is 5.92 Å². The number of rotatable bonds is 4. The molecule has 0 aromatic heterocycles. The van der Waals surface area contributed by atoms with Gasteiger partial charge >= 0.3 is 12.0 Å². The number of hydrogen-bond donors (Lipinski definition) is 1. The molecular formula is C12H22N2O3. The van der Waals surface area contributed by atoms with Crippen LogP contribution in [0.2, 0.25) is 0 Å². The van der Waals surface area contributed by atoms with E-state index < -0.39 is 5.97 Å². The summed E-state index contributed by atoms with van der Waals surface area (Å²) >= 11 is 0. The number of hydrogen-bond acceptors (Lipinski definition) is 2. The molecule has 1 N–H and O–H groups in total. The predicted molar refractivity (Wildman–Crippen MR) is 64.8 cm³/mol. The van der Waals surface area contributed by atoms with Crippen molar-refractivity contribution in [1.29, 1.82) is 0 Å². The van der Waals surface area contributed by atoms with Crippen molar-refractivity contribution in [3.05, 3.63) is 0 Å². The van der Waals surface area contributed by atoms with Crippen LogP contribution in [0.3, 0.4) is 0 Å². The summed E-state index contributed by atoms with van der Waals surface area (Å²) in [5.74, 6) is -0.314. The van der Waals surface area contributed by atoms with Crippen molar-refractivity contribution >= 4 is 12.0 Å². The molecule has 1 rings (SSSR count). The van der Waals surface area contributed by atoms with E-state index in [2.05, 4.69) is 6.92 Å². The Morgan fingerprint density at radius 1 is 1.47 bits per heavy atom. The first-order valence-electron chi connectivity index (χ1n) is 6.19. The van der Waals surface area contributed by atoms with Gasteiger partial charge in [-0.05, 0) is 26.2 Å². The summed E-state index contributed by atoms with van der Waals surface area (Å²) in [5.41, 5.74) is 0. The van der Waals surface area contributed by atoms with Gasteiger partial charge in [0.25, 0.3) is 0 Å². The number of likely N-dealkylation sites (tertiary alicyclic amines) is 1. The zero-order chi connectivity index (χ0) is 13.0. The molecule has 5 heteroatoms. The van der Waals surface area contributed by atoms with Gasteiger partial charge in [-0.2, -0.15) is 0 Å². The van der Waals surface area contributed by atoms with Crippen molar-refractivity contribution in [2.75, 3.05) is 19.6 Å². The maximum absolute atomic E-state index is 12.2. The molecule has 1 aliphatic heterocycles. The Morgan fingerprint density at radius 2 is 2.12 bits per heavy atom. The molecule has 1 unspecified atom stereocenters. The molecule has 0 spiro atoms. The van der Waals surface area contributed by atoms with Gasteiger partial charge in [0.2, 0.25) is 0 Å². The van der Waals surface area contributed by atoms with Gasteiger partial charge in [-0.25, -0.2) is 4.79 Å². The molecule has 0 bridgehead atoms. The van der Waals surface area contributed by atoms with Crippen molar-refractivity contribution in [1.82, 2.24) is 9.80 Å². The summed E-state index contributed by atoms with van der Waals surface area (Å²) in [5, 5.41) is 8.68. The predicted octanol–water partition coefficient (Wildman–Crippen LogP) is 1.63. The van der Waals surface area contributed by atoms with E-state index in [9.17, 15) is 9.59 Å². The summed E-state index contributed by atoms with van der Waals surface area (Å²) in [4.78, 5) is 26.2. The average molecular weight is 242 g/mol. The third kappa shape index (κ3) is 3.91. The Morgan fingerprint density at radius 3 is 2.53 bits per heavy atom. The summed E-state index contributed by atoms with van der Waals surface area (Å²) in [6, 6.07) is 0.0170. The highest BCUT2D eigenvalue weighted by atomic mass is 16.4. The second kappa shape index (κ2) is 5.89. The molecular weight excluding hydrogens is 220 g/mol. The van der Waals surface area contributed by atoms with Crippen LogP contribution in [0.15, 0.2) is 0 Å². The number of carboxylic acid groups (broad SMARTS) is 1. The molecule has 2 amide bonds. The van der Waals surface area contributed by atoms with Gasteiger partial charge in [0, 0.05) is 25.7 Å². The first kappa shape index (κ1) is 13.8. The van der Waals surface area contributed by atoms with E-state index in [4.69, 9.17) is 5.11 Å². The van der Waals surface area contributed by atoms with E-state index in [-0.39, 0.29) is 25.0 Å². The fourth-order valence-corrected chi connectivity index (χ4v) is 2.08. The standard InChI is InChI=1S/C12H22N2O3/c1-9(2)14(7-5-11(15)16)12(17)13-6-4-10(3)8-13/h9-10H,4-8H2,1-3H3,(H,15,16). The Balaban J connectivity index is 2.57. The van der Waals surface area contributed by atoms with Crippen molar-refractivity contribution in [3.63, 3.8) is 0 Å². The summed E-state index contributed by atoms with van der Waals surface area (Å²) in [6.45, 7) is 7.82. The van der Waals surface area contributed by atoms with Crippen LogP contribution in [-0.4, -0.2) is 52.6 Å². The highest BCUT2D eigenvalue weighted by molar-refractivity contribution is 5.76. The Kier molecular flexibility index (Phi) is 4.78. The highest BCUT2D eigenvalue weighted by Gasteiger charge is 2.28. The largest absolute Gasteiger partial charge is 0.481 e. The number of carbonyl (C=O) groups is 2. The number of aliphatic carboxylic acids is 1. The van der Waals surface area contributed by atoms with Crippen LogP contribution in [0.5, 0.6) is 0 Å². The second-order valence-electron chi connectivity index (χ2n) is 5.05. The zero-order valence-corrected chi connectivity index (χ0v) is 10.8. The molecule has 1 aliphatic rings. The number of carboxylic acids is 1. The van der Waals surface area contributed by atoms with Gasteiger partial charge in [0.05, 0.1) is 6.42 Å². The molecule has 5 nitrogen and oxygen atoms in total. The van der Waals surface area contributed by atoms with E-state index in [0.29, 0.717) is 5.92 Å². The van der Waals surface area contributed by atoms with E-state index >= 15 is 0 Å². The lowest BCUT2D eigenvalue weighted by Gasteiger charge is -2.30. The molecule has 1 saturated heterocycles. The van der Waals surface area contributed by atoms with Gasteiger partial charge < -0.3 is 14.9 Å². The minimum atomic E-state index is -0.863. The van der Waals surface area contributed by atoms with Gasteiger partial charge in [0.15, 0.2) is 0 Å². The van der Waals surface area contributed by atoms with E-state index in [0.717, 1.165) is 19.5 Å². The van der Waals surface area contributed by atoms with Crippen LogP contribution in [0.4, 0.5) is 4.79 Å². The van der Waals surface area contributed by atoms with Crippen molar-refractivity contribution in [3.8, 4) is 0 Å². The number of nitrogens with zero attached hydrogens (tertiary/aromatic N) is 2. The molecule has 0 aliphatic carbocycles. The number of urea groups is 1. The molecule has 98 valence electrons. The minimum absolute atomic E-state index is 0.00726. The third-order valence-corrected chi connectivity index (χ3v) is 3.13. The monoisotopic (exact) mass is 242 g/mol. The molecule has 0 aromatic carbocycles. The van der Waals surface area contributed by atoms with Gasteiger partial charge in [0.1, 0.15) is 0 Å². The maximum atomic E-state index is 12.2. The molecule has 0 aromatic rings. The van der Waals surface area contributed by atoms with Crippen LogP contribution in [-0.2, 0) is 4.79 Å². The summed E-state index contributed by atoms with van der Waals surface area (Å²) < 4.78 is 0. The Hall–Kier alpha value is -1.26. The zero-order valence-electron chi connectivity index (χ0n) is 10.8. The molecule has 0 radical (unpaired) electrons. The van der Waals surface area contributed by atoms with Crippen LogP contribution in [0, 0.1) is 5.92 Å². The normalized spacial score (nSPS) is 19.8. The van der Waals surface area contributed by atoms with E-state index in [1.807, 2.05) is 18.7 Å². The SMILES string of the molecule is CC1CCN(C(=O)N(CCC(=O)O)C(C)C)C1. The topological polar surface area (TPSA) is 60.9 Å². The van der Waals surface area contributed by atoms with Crippen LogP contribution in [0.1, 0.15) is 33.6 Å². The van der Waals surface area contributed by atoms with Crippen molar-refractivity contribution < 1.29 is 14.7 Å². The fraction of sp³-hybridized carbons (Fsp3) is 0.833. The van der Waals surface area contributed by atoms with Crippen LogP contribution < -0.4 is 0 Å². The van der Waals surface area contributed by atoms with Gasteiger partial charge in [-0.3, -0.25) is 4.79 Å². The third-order valence-electron chi connectivity index (χ3n) is 3.13. The number of carbonyl (C=O) groups excluding carboxylic acids is 1. The lowest BCUT2D eigenvalue weighted by atomic mass is 10.2. The first-order valence-corrected chi connectivity index (χ1v) is 6.19. The van der Waals surface area contributed by atoms with Crippen molar-refractivity contribution in [2.45, 2.75) is 39.7 Å². The Labute approximate surface area is 102 Å². The van der Waals surface area contributed by atoms with Gasteiger partial charge in [-0.15, -0.1) is 0 Å². The van der Waals surface area contributed by atoms with E-state index in [1.165, 1.54) is 0 Å². The summed E-state index contributed by atoms with van der Waals surface area (Å²) in [6.07, 6.45) is 1.05. The lowest BCUT2D eigenvalue weighted by molar-refractivity contribution is -0.137. The molecule has 1 atom stereocenters. The quantitative estimate of drug-likeness (QED) is 0.815. The van der Waals surface area contributed by atoms with Crippen LogP contribution >= 0.6 is 0 Å². The average Bonchev–Trinajstić information content (AvgIpc) is 2.63. The van der Waals surface area contributed by atoms with E-state index in [1.54, 1.807) is 4.90 Å². The molecule has 17 heavy (non-hydrogen) atoms. The lowest BCUT2D eigenvalue weighted by Crippen LogP contribution is -2.46. The molecule has 1 fully saturated rings. The second-order valence-corrected chi connectivity index (χ2v) is 5.05. The molecule has 1 heterocycles. The van der Waals surface area contributed by atoms with Gasteiger partial charge in [-0.1, -0.05) is 6.92 Å². The maximum Gasteiger partial charge on any atom is 0.320 e. The summed E-state index contributed by atoms with van der Waals surface area (Å²) in [7, 11) is 0. The minimum Gasteiger partial charge on any atom is -0.481 e. The highest BCUT2D eigenvalue weighted by Crippen LogP contribution is 2.17. The number of amides is 2. The fourth-order valence-electron chi connectivity index (χ4n) is 2.08.